The summed E-state index contributed by atoms with van der Waals surface area (Å²) in [5.74, 6) is 0. The summed E-state index contributed by atoms with van der Waals surface area (Å²) >= 11 is 0. The van der Waals surface area contributed by atoms with Gasteiger partial charge in [0.05, 0.1) is 16.6 Å². The van der Waals surface area contributed by atoms with Crippen LogP contribution in [-0.2, 0) is 0 Å². The van der Waals surface area contributed by atoms with Gasteiger partial charge < -0.3 is 9.13 Å². The minimum atomic E-state index is 1.15. The molecule has 10 aromatic carbocycles. The van der Waals surface area contributed by atoms with Crippen LogP contribution in [0.1, 0.15) is 0 Å². The van der Waals surface area contributed by atoms with Crippen molar-refractivity contribution >= 4 is 83.5 Å². The van der Waals surface area contributed by atoms with E-state index in [1.165, 1.54) is 116 Å². The number of hydrogen-bond acceptors (Lipinski definition) is 0. The zero-order valence-corrected chi connectivity index (χ0v) is 36.8. The molecule has 0 saturated heterocycles. The van der Waals surface area contributed by atoms with Crippen molar-refractivity contribution in [2.75, 3.05) is 0 Å². The molecule has 0 bridgehead atoms. The van der Waals surface area contributed by atoms with E-state index in [1.807, 2.05) is 0 Å². The largest absolute Gasteiger partial charge is 0.309 e. The Kier molecular flexibility index (Phi) is 9.31. The molecule has 0 aliphatic heterocycles. The van der Waals surface area contributed by atoms with Crippen molar-refractivity contribution in [3.05, 3.63) is 224 Å². The summed E-state index contributed by atoms with van der Waals surface area (Å²) in [4.78, 5) is 0. The topological polar surface area (TPSA) is 9.86 Å². The molecule has 0 aliphatic carbocycles. The Bertz CT molecular complexity index is 3760. The molecule has 5 heteroatoms. The first kappa shape index (κ1) is 38.7. The number of nitrogens with zero attached hydrogens (tertiary/aromatic N) is 2. The van der Waals surface area contributed by atoms with Crippen molar-refractivity contribution in [3.63, 3.8) is 0 Å². The second kappa shape index (κ2) is 15.7. The third-order valence-electron chi connectivity index (χ3n) is 13.7. The van der Waals surface area contributed by atoms with Gasteiger partial charge in [0.25, 0.3) is 0 Å². The highest BCUT2D eigenvalue weighted by molar-refractivity contribution is 6.60. The molecule has 0 aliphatic rings. The molecule has 0 amide bonds. The smallest absolute Gasteiger partial charge is 0.141 e. The SMILES string of the molecule is Bc1c(-c2ccc3c(c2)c2ccccc2n3-c2ccc(-c3ccccc3)cc2)c(B)c2c3cccc(-c4cccc(-c5ccccc5)c4)c3n(-c3ccc(-c4ccccc4)cc3)c2c1B. The fourth-order valence-electron chi connectivity index (χ4n) is 10.5. The Morgan fingerprint density at radius 1 is 0.277 bits per heavy atom. The van der Waals surface area contributed by atoms with E-state index in [0.29, 0.717) is 0 Å². The lowest BCUT2D eigenvalue weighted by Gasteiger charge is -2.19. The van der Waals surface area contributed by atoms with E-state index in [0.717, 1.165) is 11.4 Å². The number of benzene rings is 10. The van der Waals surface area contributed by atoms with Gasteiger partial charge in [-0.3, -0.25) is 0 Å². The average Bonchev–Trinajstić information content (AvgIpc) is 3.90. The lowest BCUT2D eigenvalue weighted by molar-refractivity contribution is 1.18. The van der Waals surface area contributed by atoms with Gasteiger partial charge in [0.2, 0.25) is 0 Å². The summed E-state index contributed by atoms with van der Waals surface area (Å²) in [6, 6.07) is 82.0. The standard InChI is InChI=1S/C60H43B3N2/c61-56-54(45-30-35-53-51(37-45)49-22-10-11-25-52(49)64(53)46-31-26-41(27-32-46)38-14-4-1-5-15-38)57(62)58(63)60-55(56)50-24-13-23-48(44-21-12-20-43(36-44)40-18-8-3-9-19-40)59(50)65(60)47-33-28-42(29-34-47)39-16-6-2-7-17-39/h1-37H,61-63H2. The van der Waals surface area contributed by atoms with Gasteiger partial charge in [0.15, 0.2) is 0 Å². The highest BCUT2D eigenvalue weighted by Gasteiger charge is 2.24. The molecule has 0 radical (unpaired) electrons. The van der Waals surface area contributed by atoms with E-state index in [2.05, 4.69) is 257 Å². The maximum atomic E-state index is 2.54. The zero-order chi connectivity index (χ0) is 43.6. The van der Waals surface area contributed by atoms with Crippen LogP contribution in [-0.4, -0.2) is 32.7 Å². The van der Waals surface area contributed by atoms with Crippen molar-refractivity contribution in [2.45, 2.75) is 0 Å². The third-order valence-corrected chi connectivity index (χ3v) is 13.7. The van der Waals surface area contributed by atoms with Gasteiger partial charge >= 0.3 is 0 Å². The van der Waals surface area contributed by atoms with Crippen LogP contribution in [0.5, 0.6) is 0 Å². The Balaban J connectivity index is 1.07. The van der Waals surface area contributed by atoms with Crippen LogP contribution in [0.2, 0.25) is 0 Å². The second-order valence-corrected chi connectivity index (χ2v) is 17.4. The molecule has 2 aromatic heterocycles. The molecule has 2 nitrogen and oxygen atoms in total. The van der Waals surface area contributed by atoms with Crippen LogP contribution >= 0.6 is 0 Å². The predicted molar refractivity (Wildman–Crippen MR) is 287 cm³/mol. The zero-order valence-electron chi connectivity index (χ0n) is 36.8. The van der Waals surface area contributed by atoms with Gasteiger partial charge in [-0.25, -0.2) is 0 Å². The molecule has 0 atom stereocenters. The lowest BCUT2D eigenvalue weighted by atomic mass is 9.69. The molecular formula is C60H43B3N2. The molecule has 2 heterocycles. The Hall–Kier alpha value is -8.01. The van der Waals surface area contributed by atoms with E-state index in [4.69, 9.17) is 0 Å². The Morgan fingerprint density at radius 2 is 0.754 bits per heavy atom. The van der Waals surface area contributed by atoms with Gasteiger partial charge in [-0.05, 0) is 98.6 Å². The monoisotopic (exact) mass is 824 g/mol. The summed E-state index contributed by atoms with van der Waals surface area (Å²) in [5.41, 5.74) is 23.3. The van der Waals surface area contributed by atoms with Gasteiger partial charge in [-0.2, -0.15) is 0 Å². The van der Waals surface area contributed by atoms with Crippen molar-refractivity contribution in [1.82, 2.24) is 9.13 Å². The van der Waals surface area contributed by atoms with Crippen LogP contribution in [0, 0.1) is 0 Å². The van der Waals surface area contributed by atoms with Gasteiger partial charge in [-0.15, -0.1) is 0 Å². The normalized spacial score (nSPS) is 11.6. The Morgan fingerprint density at radius 3 is 1.40 bits per heavy atom. The van der Waals surface area contributed by atoms with E-state index in [9.17, 15) is 0 Å². The third kappa shape index (κ3) is 6.38. The minimum absolute atomic E-state index is 1.15. The molecular weight excluding hydrogens is 781 g/mol. The molecule has 0 saturated carbocycles. The quantitative estimate of drug-likeness (QED) is 0.142. The summed E-state index contributed by atoms with van der Waals surface area (Å²) in [5, 5.41) is 5.06. The van der Waals surface area contributed by atoms with Crippen molar-refractivity contribution in [2.24, 2.45) is 0 Å². The molecule has 65 heavy (non-hydrogen) atoms. The first-order valence-electron chi connectivity index (χ1n) is 22.6. The fourth-order valence-corrected chi connectivity index (χ4v) is 10.5. The van der Waals surface area contributed by atoms with E-state index < -0.39 is 0 Å². The highest BCUT2D eigenvalue weighted by atomic mass is 15.0. The van der Waals surface area contributed by atoms with E-state index >= 15 is 0 Å². The van der Waals surface area contributed by atoms with Gasteiger partial charge in [-0.1, -0.05) is 192 Å². The number of hydrogen-bond donors (Lipinski definition) is 0. The number of fused-ring (bicyclic) bond motifs is 6. The summed E-state index contributed by atoms with van der Waals surface area (Å²) in [7, 11) is 6.99. The van der Waals surface area contributed by atoms with Gasteiger partial charge in [0, 0.05) is 44.0 Å². The van der Waals surface area contributed by atoms with Crippen molar-refractivity contribution in [3.8, 4) is 67.0 Å². The fraction of sp³-hybridized carbons (Fsp3) is 0. The lowest BCUT2D eigenvalue weighted by Crippen LogP contribution is -2.35. The van der Waals surface area contributed by atoms with Crippen molar-refractivity contribution in [1.29, 1.82) is 0 Å². The Labute approximate surface area is 382 Å². The van der Waals surface area contributed by atoms with Crippen LogP contribution < -0.4 is 16.4 Å². The van der Waals surface area contributed by atoms with E-state index in [-0.39, 0.29) is 0 Å². The maximum absolute atomic E-state index is 2.54. The second-order valence-electron chi connectivity index (χ2n) is 17.4. The number of para-hydroxylation sites is 2. The molecule has 0 fully saturated rings. The predicted octanol–water partition coefficient (Wildman–Crippen LogP) is 11.0. The minimum Gasteiger partial charge on any atom is -0.309 e. The number of aromatic nitrogens is 2. The van der Waals surface area contributed by atoms with Crippen LogP contribution in [0.15, 0.2) is 224 Å². The number of rotatable bonds is 7. The van der Waals surface area contributed by atoms with Crippen LogP contribution in [0.3, 0.4) is 0 Å². The van der Waals surface area contributed by atoms with Crippen LogP contribution in [0.4, 0.5) is 0 Å². The highest BCUT2D eigenvalue weighted by Crippen LogP contribution is 2.40. The molecule has 0 unspecified atom stereocenters. The molecule has 0 spiro atoms. The van der Waals surface area contributed by atoms with Gasteiger partial charge in [0.1, 0.15) is 23.5 Å². The molecule has 0 N–H and O–H groups in total. The maximum Gasteiger partial charge on any atom is 0.141 e. The van der Waals surface area contributed by atoms with Crippen molar-refractivity contribution < 1.29 is 0 Å². The molecule has 12 aromatic rings. The van der Waals surface area contributed by atoms with E-state index in [1.54, 1.807) is 0 Å². The first-order valence-corrected chi connectivity index (χ1v) is 22.6. The first-order chi connectivity index (χ1) is 32.0. The summed E-state index contributed by atoms with van der Waals surface area (Å²) in [6.45, 7) is 0. The average molecular weight is 824 g/mol. The summed E-state index contributed by atoms with van der Waals surface area (Å²) < 4.78 is 4.96. The summed E-state index contributed by atoms with van der Waals surface area (Å²) in [6.07, 6.45) is 0. The van der Waals surface area contributed by atoms with Crippen LogP contribution in [0.25, 0.3) is 111 Å². The molecule has 12 rings (SSSR count). The molecule has 302 valence electrons.